The summed E-state index contributed by atoms with van der Waals surface area (Å²) in [6, 6.07) is 14.0. The number of imide groups is 1. The van der Waals surface area contributed by atoms with Crippen molar-refractivity contribution >= 4 is 46.1 Å². The van der Waals surface area contributed by atoms with Crippen molar-refractivity contribution in [2.24, 2.45) is 0 Å². The number of fused-ring (bicyclic) bond motifs is 1. The molecular weight excluding hydrogens is 398 g/mol. The molecule has 1 fully saturated rings. The molecular formula is C20H16ClN3O3S. The lowest BCUT2D eigenvalue weighted by molar-refractivity contribution is -0.140. The van der Waals surface area contributed by atoms with Gasteiger partial charge in [-0.05, 0) is 30.7 Å². The van der Waals surface area contributed by atoms with Crippen LogP contribution in [0.1, 0.15) is 12.8 Å². The molecule has 0 saturated carbocycles. The number of hydrogen-bond donors (Lipinski definition) is 0. The van der Waals surface area contributed by atoms with E-state index in [1.165, 1.54) is 9.47 Å². The lowest BCUT2D eigenvalue weighted by atomic mass is 10.2. The van der Waals surface area contributed by atoms with E-state index in [9.17, 15) is 14.4 Å². The van der Waals surface area contributed by atoms with Gasteiger partial charge in [0, 0.05) is 13.0 Å². The van der Waals surface area contributed by atoms with E-state index in [2.05, 4.69) is 4.98 Å². The highest BCUT2D eigenvalue weighted by molar-refractivity contribution is 7.99. The van der Waals surface area contributed by atoms with E-state index >= 15 is 0 Å². The number of carbonyl (C=O) groups excluding carboxylic acids is 2. The highest BCUT2D eigenvalue weighted by atomic mass is 35.5. The Morgan fingerprint density at radius 1 is 1.11 bits per heavy atom. The number of para-hydroxylation sites is 2. The van der Waals surface area contributed by atoms with Crippen molar-refractivity contribution in [2.45, 2.75) is 18.0 Å². The van der Waals surface area contributed by atoms with Gasteiger partial charge in [0.25, 0.3) is 5.56 Å². The third-order valence-electron chi connectivity index (χ3n) is 4.54. The standard InChI is InChI=1S/C20H16ClN3O3S/c21-14-7-2-4-9-16(14)24-19(27)13-6-1-3-8-15(13)22-20(24)28-12-18(26)23-11-5-10-17(23)25/h1-4,6-9H,5,10-12H2. The van der Waals surface area contributed by atoms with Crippen LogP contribution in [0, 0.1) is 0 Å². The number of likely N-dealkylation sites (tertiary alicyclic amines) is 1. The van der Waals surface area contributed by atoms with Crippen LogP contribution in [0.5, 0.6) is 0 Å². The first-order chi connectivity index (χ1) is 13.6. The van der Waals surface area contributed by atoms with Crippen molar-refractivity contribution in [3.63, 3.8) is 0 Å². The summed E-state index contributed by atoms with van der Waals surface area (Å²) >= 11 is 7.45. The average Bonchev–Trinajstić information content (AvgIpc) is 3.13. The van der Waals surface area contributed by atoms with Crippen LogP contribution in [-0.4, -0.2) is 38.6 Å². The zero-order chi connectivity index (χ0) is 19.7. The molecule has 0 bridgehead atoms. The van der Waals surface area contributed by atoms with Gasteiger partial charge in [0.15, 0.2) is 5.16 Å². The van der Waals surface area contributed by atoms with Crippen LogP contribution in [-0.2, 0) is 9.59 Å². The number of thioether (sulfide) groups is 1. The molecule has 28 heavy (non-hydrogen) atoms. The fourth-order valence-electron chi connectivity index (χ4n) is 3.17. The molecule has 0 aliphatic carbocycles. The van der Waals surface area contributed by atoms with Gasteiger partial charge in [0.05, 0.1) is 27.4 Å². The normalized spacial score (nSPS) is 14.0. The van der Waals surface area contributed by atoms with Crippen LogP contribution in [0.25, 0.3) is 16.6 Å². The number of hydrogen-bond acceptors (Lipinski definition) is 5. The Kier molecular flexibility index (Phi) is 5.19. The number of halogens is 1. The maximum Gasteiger partial charge on any atom is 0.266 e. The van der Waals surface area contributed by atoms with E-state index in [1.54, 1.807) is 48.5 Å². The molecule has 4 rings (SSSR count). The average molecular weight is 414 g/mol. The molecule has 1 aliphatic rings. The monoisotopic (exact) mass is 413 g/mol. The molecule has 8 heteroatoms. The first-order valence-corrected chi connectivity index (χ1v) is 10.2. The molecule has 0 N–H and O–H groups in total. The van der Waals surface area contributed by atoms with Crippen LogP contribution in [0.15, 0.2) is 58.5 Å². The summed E-state index contributed by atoms with van der Waals surface area (Å²) in [7, 11) is 0. The molecule has 0 radical (unpaired) electrons. The first-order valence-electron chi connectivity index (χ1n) is 8.79. The van der Waals surface area contributed by atoms with Gasteiger partial charge < -0.3 is 0 Å². The lowest BCUT2D eigenvalue weighted by Crippen LogP contribution is -2.33. The molecule has 0 spiro atoms. The van der Waals surface area contributed by atoms with Gasteiger partial charge in [0.2, 0.25) is 11.8 Å². The van der Waals surface area contributed by atoms with Crippen LogP contribution in [0.2, 0.25) is 5.02 Å². The van der Waals surface area contributed by atoms with E-state index < -0.39 is 0 Å². The number of rotatable bonds is 4. The zero-order valence-corrected chi connectivity index (χ0v) is 16.4. The SMILES string of the molecule is O=C1CCCN1C(=O)CSc1nc2ccccc2c(=O)n1-c1ccccc1Cl. The molecule has 2 aromatic carbocycles. The third kappa shape index (κ3) is 3.43. The van der Waals surface area contributed by atoms with Gasteiger partial charge in [-0.2, -0.15) is 0 Å². The summed E-state index contributed by atoms with van der Waals surface area (Å²) < 4.78 is 1.43. The van der Waals surface area contributed by atoms with E-state index in [0.29, 0.717) is 46.2 Å². The second kappa shape index (κ2) is 7.77. The van der Waals surface area contributed by atoms with Crippen molar-refractivity contribution < 1.29 is 9.59 Å². The summed E-state index contributed by atoms with van der Waals surface area (Å²) in [5, 5.41) is 1.23. The number of carbonyl (C=O) groups is 2. The maximum absolute atomic E-state index is 13.2. The Labute approximate surface area is 170 Å². The Hall–Kier alpha value is -2.64. The molecule has 1 saturated heterocycles. The molecule has 1 aromatic heterocycles. The van der Waals surface area contributed by atoms with Crippen LogP contribution in [0.3, 0.4) is 0 Å². The Morgan fingerprint density at radius 3 is 2.61 bits per heavy atom. The van der Waals surface area contributed by atoms with E-state index in [0.717, 1.165) is 11.8 Å². The van der Waals surface area contributed by atoms with Gasteiger partial charge in [-0.15, -0.1) is 0 Å². The predicted molar refractivity (Wildman–Crippen MR) is 109 cm³/mol. The van der Waals surface area contributed by atoms with Gasteiger partial charge in [-0.3, -0.25) is 23.9 Å². The van der Waals surface area contributed by atoms with Crippen molar-refractivity contribution in [1.82, 2.24) is 14.5 Å². The van der Waals surface area contributed by atoms with E-state index in [1.807, 2.05) is 0 Å². The van der Waals surface area contributed by atoms with Crippen molar-refractivity contribution in [3.8, 4) is 5.69 Å². The summed E-state index contributed by atoms with van der Waals surface area (Å²) in [5.74, 6) is -0.415. The summed E-state index contributed by atoms with van der Waals surface area (Å²) in [6.07, 6.45) is 1.09. The Morgan fingerprint density at radius 2 is 1.86 bits per heavy atom. The summed E-state index contributed by atoms with van der Waals surface area (Å²) in [5.41, 5.74) is 0.786. The smallest absolute Gasteiger partial charge is 0.266 e. The molecule has 0 unspecified atom stereocenters. The highest BCUT2D eigenvalue weighted by Crippen LogP contribution is 2.26. The minimum absolute atomic E-state index is 0.0149. The fourth-order valence-corrected chi connectivity index (χ4v) is 4.27. The first kappa shape index (κ1) is 18.7. The summed E-state index contributed by atoms with van der Waals surface area (Å²) in [6.45, 7) is 0.445. The van der Waals surface area contributed by atoms with Crippen LogP contribution in [0.4, 0.5) is 0 Å². The van der Waals surface area contributed by atoms with E-state index in [-0.39, 0.29) is 23.1 Å². The molecule has 6 nitrogen and oxygen atoms in total. The minimum atomic E-state index is -0.277. The molecule has 1 aliphatic heterocycles. The second-order valence-electron chi connectivity index (χ2n) is 6.33. The predicted octanol–water partition coefficient (Wildman–Crippen LogP) is 3.28. The molecule has 142 valence electrons. The molecule has 3 aromatic rings. The zero-order valence-electron chi connectivity index (χ0n) is 14.8. The molecule has 0 atom stereocenters. The van der Waals surface area contributed by atoms with Gasteiger partial charge >= 0.3 is 0 Å². The lowest BCUT2D eigenvalue weighted by Gasteiger charge is -2.16. The number of benzene rings is 2. The van der Waals surface area contributed by atoms with Crippen molar-refractivity contribution in [1.29, 1.82) is 0 Å². The fraction of sp³-hybridized carbons (Fsp3) is 0.200. The van der Waals surface area contributed by atoms with Gasteiger partial charge in [-0.25, -0.2) is 4.98 Å². The number of aromatic nitrogens is 2. The van der Waals surface area contributed by atoms with Crippen LogP contribution < -0.4 is 5.56 Å². The van der Waals surface area contributed by atoms with Crippen molar-refractivity contribution in [3.05, 3.63) is 63.9 Å². The van der Waals surface area contributed by atoms with Gasteiger partial charge in [0.1, 0.15) is 0 Å². The van der Waals surface area contributed by atoms with Crippen LogP contribution >= 0.6 is 23.4 Å². The van der Waals surface area contributed by atoms with Gasteiger partial charge in [-0.1, -0.05) is 47.6 Å². The third-order valence-corrected chi connectivity index (χ3v) is 5.78. The molecule has 2 heterocycles. The maximum atomic E-state index is 13.2. The minimum Gasteiger partial charge on any atom is -0.282 e. The largest absolute Gasteiger partial charge is 0.282 e. The second-order valence-corrected chi connectivity index (χ2v) is 7.68. The highest BCUT2D eigenvalue weighted by Gasteiger charge is 2.27. The topological polar surface area (TPSA) is 72.3 Å². The Balaban J connectivity index is 1.77. The van der Waals surface area contributed by atoms with Crippen molar-refractivity contribution in [2.75, 3.05) is 12.3 Å². The summed E-state index contributed by atoms with van der Waals surface area (Å²) in [4.78, 5) is 43.2. The Bertz CT molecular complexity index is 1140. The molecule has 2 amide bonds. The quantitative estimate of drug-likeness (QED) is 0.485. The number of amides is 2. The van der Waals surface area contributed by atoms with E-state index in [4.69, 9.17) is 11.6 Å². The number of nitrogens with zero attached hydrogens (tertiary/aromatic N) is 3.